The van der Waals surface area contributed by atoms with Crippen LogP contribution >= 0.6 is 0 Å². The number of benzene rings is 1. The Morgan fingerprint density at radius 1 is 0.745 bits per heavy atom. The van der Waals surface area contributed by atoms with E-state index in [0.29, 0.717) is 47.3 Å². The molecule has 3 heterocycles. The first-order valence-corrected chi connectivity index (χ1v) is 20.4. The lowest BCUT2D eigenvalue weighted by molar-refractivity contribution is -0.0484. The van der Waals surface area contributed by atoms with Gasteiger partial charge in [0.25, 0.3) is 0 Å². The second-order valence-corrected chi connectivity index (χ2v) is 18.8. The first-order chi connectivity index (χ1) is 22.7. The molecule has 5 fully saturated rings. The van der Waals surface area contributed by atoms with Crippen LogP contribution in [0, 0.1) is 58.7 Å². The van der Waals surface area contributed by atoms with Crippen molar-refractivity contribution in [3.8, 4) is 0 Å². The lowest BCUT2D eigenvalue weighted by Gasteiger charge is -2.57. The van der Waals surface area contributed by atoms with Gasteiger partial charge in [-0.25, -0.2) is 0 Å². The van der Waals surface area contributed by atoms with Gasteiger partial charge in [0.15, 0.2) is 0 Å². The molecule has 0 radical (unpaired) electrons. The summed E-state index contributed by atoms with van der Waals surface area (Å²) in [6.45, 7) is 12.6. The minimum atomic E-state index is 0.209. The molecule has 4 nitrogen and oxygen atoms in total. The van der Waals surface area contributed by atoms with Gasteiger partial charge in [-0.1, -0.05) is 116 Å². The van der Waals surface area contributed by atoms with E-state index < -0.39 is 0 Å². The van der Waals surface area contributed by atoms with Gasteiger partial charge in [-0.05, 0) is 85.7 Å². The van der Waals surface area contributed by atoms with E-state index in [1.54, 1.807) is 0 Å². The molecule has 47 heavy (non-hydrogen) atoms. The van der Waals surface area contributed by atoms with E-state index in [-0.39, 0.29) is 12.3 Å². The van der Waals surface area contributed by atoms with Crippen molar-refractivity contribution in [2.75, 3.05) is 16.8 Å². The summed E-state index contributed by atoms with van der Waals surface area (Å²) in [7, 11) is 2.44. The van der Waals surface area contributed by atoms with Gasteiger partial charge in [-0.2, -0.15) is 0 Å². The first kappa shape index (κ1) is 32.7. The van der Waals surface area contributed by atoms with E-state index in [1.165, 1.54) is 101 Å². The number of ether oxygens (including phenoxy) is 1. The van der Waals surface area contributed by atoms with Gasteiger partial charge in [0.05, 0.1) is 17.5 Å². The highest BCUT2D eigenvalue weighted by atomic mass is 16.5. The molecule has 0 amide bonds. The summed E-state index contributed by atoms with van der Waals surface area (Å²) >= 11 is 0. The Hall–Kier alpha value is -1.52. The highest BCUT2D eigenvalue weighted by Crippen LogP contribution is 2.58. The Kier molecular flexibility index (Phi) is 9.02. The van der Waals surface area contributed by atoms with Crippen molar-refractivity contribution in [3.05, 3.63) is 36.4 Å². The number of rotatable bonds is 4. The van der Waals surface area contributed by atoms with Crippen LogP contribution in [0.4, 0.5) is 11.4 Å². The second kappa shape index (κ2) is 13.0. The van der Waals surface area contributed by atoms with Crippen molar-refractivity contribution in [2.24, 2.45) is 58.7 Å². The van der Waals surface area contributed by atoms with Crippen LogP contribution in [0.15, 0.2) is 36.4 Å². The second-order valence-electron chi connectivity index (χ2n) is 18.8. The SMILES string of the molecule is CC1CCC2C(N1)OC1C2C=CC(C)C1C1N(C)c2ccccc2N1C1C(C2CCCCC2)CC(C(C)(C)C)CC1C1CCCCC1. The number of para-hydroxylation sites is 2. The molecule has 0 bridgehead atoms. The first-order valence-electron chi connectivity index (χ1n) is 20.4. The summed E-state index contributed by atoms with van der Waals surface area (Å²) in [5.74, 6) is 6.20. The number of nitrogens with one attached hydrogen (secondary N) is 1. The fourth-order valence-corrected chi connectivity index (χ4v) is 12.7. The molecule has 7 aliphatic rings. The van der Waals surface area contributed by atoms with Crippen molar-refractivity contribution in [1.82, 2.24) is 5.32 Å². The lowest BCUT2D eigenvalue weighted by atomic mass is 9.55. The molecule has 3 saturated carbocycles. The van der Waals surface area contributed by atoms with Gasteiger partial charge < -0.3 is 14.5 Å². The quantitative estimate of drug-likeness (QED) is 0.331. The topological polar surface area (TPSA) is 27.7 Å². The normalized spacial score (nSPS) is 43.1. The van der Waals surface area contributed by atoms with Gasteiger partial charge in [0.1, 0.15) is 12.4 Å². The maximum atomic E-state index is 7.25. The number of hydrogen-bond donors (Lipinski definition) is 1. The number of fused-ring (bicyclic) bond motifs is 4. The molecule has 0 aromatic heterocycles. The summed E-state index contributed by atoms with van der Waals surface area (Å²) in [6, 6.07) is 10.8. The summed E-state index contributed by atoms with van der Waals surface area (Å²) in [6.07, 6.45) is 25.9. The molecule has 8 rings (SSSR count). The Labute approximate surface area is 287 Å². The molecular formula is C43H67N3O. The molecule has 1 aromatic carbocycles. The molecule has 2 saturated heterocycles. The van der Waals surface area contributed by atoms with Crippen LogP contribution in [0.3, 0.4) is 0 Å². The van der Waals surface area contributed by atoms with Crippen molar-refractivity contribution in [2.45, 2.75) is 155 Å². The van der Waals surface area contributed by atoms with E-state index in [0.717, 1.165) is 29.6 Å². The summed E-state index contributed by atoms with van der Waals surface area (Å²) in [5, 5.41) is 3.90. The predicted octanol–water partition coefficient (Wildman–Crippen LogP) is 10.0. The van der Waals surface area contributed by atoms with Crippen molar-refractivity contribution >= 4 is 11.4 Å². The average molecular weight is 642 g/mol. The summed E-state index contributed by atoms with van der Waals surface area (Å²) in [5.41, 5.74) is 3.36. The molecule has 10 atom stereocenters. The summed E-state index contributed by atoms with van der Waals surface area (Å²) < 4.78 is 7.25. The average Bonchev–Trinajstić information content (AvgIpc) is 3.58. The maximum absolute atomic E-state index is 7.25. The third-order valence-corrected chi connectivity index (χ3v) is 15.2. The highest BCUT2D eigenvalue weighted by molar-refractivity contribution is 5.78. The highest BCUT2D eigenvalue weighted by Gasteiger charge is 2.58. The van der Waals surface area contributed by atoms with E-state index >= 15 is 0 Å². The van der Waals surface area contributed by atoms with E-state index in [2.05, 4.69) is 93.2 Å². The van der Waals surface area contributed by atoms with Gasteiger partial charge in [0, 0.05) is 36.9 Å². The molecule has 4 heteroatoms. The molecule has 10 unspecified atom stereocenters. The van der Waals surface area contributed by atoms with Crippen LogP contribution in [0.5, 0.6) is 0 Å². The maximum Gasteiger partial charge on any atom is 0.112 e. The Bertz CT molecular complexity index is 1230. The number of nitrogens with zero attached hydrogens (tertiary/aromatic N) is 2. The van der Waals surface area contributed by atoms with E-state index in [1.807, 2.05) is 0 Å². The molecule has 3 aliphatic heterocycles. The number of hydrogen-bond acceptors (Lipinski definition) is 4. The van der Waals surface area contributed by atoms with Crippen molar-refractivity contribution < 1.29 is 4.74 Å². The zero-order valence-corrected chi connectivity index (χ0v) is 30.7. The molecule has 0 spiro atoms. The lowest BCUT2D eigenvalue weighted by Crippen LogP contribution is -2.63. The van der Waals surface area contributed by atoms with Crippen LogP contribution in [0.1, 0.15) is 125 Å². The Morgan fingerprint density at radius 3 is 1.98 bits per heavy atom. The molecule has 4 aliphatic carbocycles. The zero-order chi connectivity index (χ0) is 32.4. The number of anilines is 2. The van der Waals surface area contributed by atoms with Crippen molar-refractivity contribution in [1.29, 1.82) is 0 Å². The Morgan fingerprint density at radius 2 is 1.36 bits per heavy atom. The van der Waals surface area contributed by atoms with Gasteiger partial charge in [-0.15, -0.1) is 0 Å². The number of piperidine rings is 1. The molecular weight excluding hydrogens is 574 g/mol. The zero-order valence-electron chi connectivity index (χ0n) is 30.7. The van der Waals surface area contributed by atoms with E-state index in [4.69, 9.17) is 4.74 Å². The van der Waals surface area contributed by atoms with Crippen LogP contribution in [-0.2, 0) is 4.74 Å². The van der Waals surface area contributed by atoms with Gasteiger partial charge in [-0.3, -0.25) is 5.32 Å². The minimum absolute atomic E-state index is 0.209. The smallest absolute Gasteiger partial charge is 0.112 e. The van der Waals surface area contributed by atoms with Crippen LogP contribution < -0.4 is 15.1 Å². The van der Waals surface area contributed by atoms with Gasteiger partial charge >= 0.3 is 0 Å². The minimum Gasteiger partial charge on any atom is -0.359 e. The summed E-state index contributed by atoms with van der Waals surface area (Å²) in [4.78, 5) is 5.87. The van der Waals surface area contributed by atoms with Crippen molar-refractivity contribution in [3.63, 3.8) is 0 Å². The van der Waals surface area contributed by atoms with Gasteiger partial charge in [0.2, 0.25) is 0 Å². The molecule has 1 N–H and O–H groups in total. The van der Waals surface area contributed by atoms with Crippen LogP contribution in [-0.4, -0.2) is 37.6 Å². The standard InChI is InChI=1S/C43H67N3O/c1-27-21-23-32-33-24-22-28(2)44-41(33)47-40(32)38(27)42-45(6)36-19-13-14-20-37(36)46(42)39-34(29-15-9-7-10-16-29)25-31(43(3,4)5)26-35(39)30-17-11-8-12-18-30/h13-14,19-21,23,27-35,38-42,44H,7-12,15-18,22,24-26H2,1-6H3. The number of allylic oxidation sites excluding steroid dienone is 1. The van der Waals surface area contributed by atoms with Crippen LogP contribution in [0.25, 0.3) is 0 Å². The van der Waals surface area contributed by atoms with Crippen LogP contribution in [0.2, 0.25) is 0 Å². The van der Waals surface area contributed by atoms with E-state index in [9.17, 15) is 0 Å². The fraction of sp³-hybridized carbons (Fsp3) is 0.814. The third-order valence-electron chi connectivity index (χ3n) is 15.2. The third kappa shape index (κ3) is 5.82. The molecule has 260 valence electrons. The largest absolute Gasteiger partial charge is 0.359 e. The predicted molar refractivity (Wildman–Crippen MR) is 196 cm³/mol. The fourth-order valence-electron chi connectivity index (χ4n) is 12.7. The Balaban J connectivity index is 1.24. The monoisotopic (exact) mass is 642 g/mol. The molecule has 1 aromatic rings.